The lowest BCUT2D eigenvalue weighted by Crippen LogP contribution is -2.30. The van der Waals surface area contributed by atoms with Gasteiger partial charge < -0.3 is 4.74 Å². The van der Waals surface area contributed by atoms with Gasteiger partial charge in [0, 0.05) is 0 Å². The fourth-order valence-corrected chi connectivity index (χ4v) is 3.73. The Morgan fingerprint density at radius 1 is 1.58 bits per heavy atom. The zero-order valence-electron chi connectivity index (χ0n) is 7.38. The fraction of sp³-hybridized carbons (Fsp3) is 0.900. The zero-order chi connectivity index (χ0) is 8.34. The van der Waals surface area contributed by atoms with Crippen LogP contribution in [0, 0.1) is 23.2 Å². The van der Waals surface area contributed by atoms with Crippen molar-refractivity contribution >= 4 is 5.97 Å². The number of carbonyl (C=O) groups is 1. The highest BCUT2D eigenvalue weighted by atomic mass is 16.5. The summed E-state index contributed by atoms with van der Waals surface area (Å²) in [6.45, 7) is 0. The van der Waals surface area contributed by atoms with Crippen molar-refractivity contribution in [3.05, 3.63) is 0 Å². The van der Waals surface area contributed by atoms with Crippen molar-refractivity contribution in [1.29, 1.82) is 0 Å². The van der Waals surface area contributed by atoms with Crippen LogP contribution < -0.4 is 0 Å². The Morgan fingerprint density at radius 3 is 3.00 bits per heavy atom. The van der Waals surface area contributed by atoms with Gasteiger partial charge in [0.05, 0.1) is 12.5 Å². The summed E-state index contributed by atoms with van der Waals surface area (Å²) < 4.78 is 4.91. The van der Waals surface area contributed by atoms with Crippen LogP contribution in [0.15, 0.2) is 0 Å². The molecule has 0 heterocycles. The van der Waals surface area contributed by atoms with E-state index in [2.05, 4.69) is 0 Å². The summed E-state index contributed by atoms with van der Waals surface area (Å²) in [6, 6.07) is 0. The first-order valence-electron chi connectivity index (χ1n) is 4.86. The van der Waals surface area contributed by atoms with Crippen molar-refractivity contribution in [1.82, 2.24) is 0 Å². The molecule has 0 radical (unpaired) electrons. The molecule has 0 N–H and O–H groups in total. The quantitative estimate of drug-likeness (QED) is 0.553. The van der Waals surface area contributed by atoms with Gasteiger partial charge in [-0.3, -0.25) is 4.79 Å². The van der Waals surface area contributed by atoms with Crippen LogP contribution in [0.2, 0.25) is 0 Å². The van der Waals surface area contributed by atoms with Gasteiger partial charge in [-0.2, -0.15) is 0 Å². The Bertz CT molecular complexity index is 248. The zero-order valence-corrected chi connectivity index (χ0v) is 7.38. The second-order valence-electron chi connectivity index (χ2n) is 4.66. The number of esters is 1. The summed E-state index contributed by atoms with van der Waals surface area (Å²) in [5, 5.41) is 0. The van der Waals surface area contributed by atoms with E-state index in [0.29, 0.717) is 5.92 Å². The van der Waals surface area contributed by atoms with Gasteiger partial charge in [0.15, 0.2) is 0 Å². The molecule has 4 atom stereocenters. The first-order chi connectivity index (χ1) is 5.78. The highest BCUT2D eigenvalue weighted by Crippen LogP contribution is 2.72. The van der Waals surface area contributed by atoms with Gasteiger partial charge in [-0.05, 0) is 43.4 Å². The molecule has 66 valence electrons. The van der Waals surface area contributed by atoms with Gasteiger partial charge >= 0.3 is 5.97 Å². The lowest BCUT2D eigenvalue weighted by atomic mass is 9.82. The van der Waals surface area contributed by atoms with Crippen molar-refractivity contribution < 1.29 is 9.53 Å². The minimum atomic E-state index is -0.00984. The van der Waals surface area contributed by atoms with Crippen LogP contribution in [0.1, 0.15) is 25.7 Å². The summed E-state index contributed by atoms with van der Waals surface area (Å²) in [4.78, 5) is 11.6. The Morgan fingerprint density at radius 2 is 2.42 bits per heavy atom. The van der Waals surface area contributed by atoms with E-state index in [1.165, 1.54) is 20.0 Å². The van der Waals surface area contributed by atoms with Crippen LogP contribution in [-0.2, 0) is 9.53 Å². The van der Waals surface area contributed by atoms with Gasteiger partial charge in [0.25, 0.3) is 0 Å². The van der Waals surface area contributed by atoms with E-state index in [0.717, 1.165) is 24.7 Å². The lowest BCUT2D eigenvalue weighted by Gasteiger charge is -2.23. The Hall–Kier alpha value is -0.530. The van der Waals surface area contributed by atoms with E-state index in [1.54, 1.807) is 0 Å². The van der Waals surface area contributed by atoms with Gasteiger partial charge in [-0.1, -0.05) is 0 Å². The topological polar surface area (TPSA) is 26.3 Å². The molecule has 0 aromatic carbocycles. The molecule has 3 rings (SSSR count). The van der Waals surface area contributed by atoms with Crippen molar-refractivity contribution in [2.24, 2.45) is 23.2 Å². The molecule has 3 fully saturated rings. The SMILES string of the molecule is COC(=O)[C@@]12CC[C@@H](C1)[C@@H]1C[C@@H]12. The summed E-state index contributed by atoms with van der Waals surface area (Å²) in [6.07, 6.45) is 4.82. The van der Waals surface area contributed by atoms with Crippen molar-refractivity contribution in [3.8, 4) is 0 Å². The monoisotopic (exact) mass is 166 g/mol. The number of hydrogen-bond acceptors (Lipinski definition) is 2. The van der Waals surface area contributed by atoms with Crippen LogP contribution >= 0.6 is 0 Å². The Labute approximate surface area is 72.3 Å². The van der Waals surface area contributed by atoms with Crippen LogP contribution in [0.3, 0.4) is 0 Å². The van der Waals surface area contributed by atoms with Crippen LogP contribution in [0.5, 0.6) is 0 Å². The number of hydrogen-bond donors (Lipinski definition) is 0. The number of fused-ring (bicyclic) bond motifs is 5. The highest BCUT2D eigenvalue weighted by molar-refractivity contribution is 5.79. The van der Waals surface area contributed by atoms with E-state index in [-0.39, 0.29) is 11.4 Å². The average Bonchev–Trinajstić information content (AvgIpc) is 2.74. The molecule has 0 saturated heterocycles. The number of rotatable bonds is 1. The molecule has 2 bridgehead atoms. The maximum Gasteiger partial charge on any atom is 0.312 e. The molecule has 12 heavy (non-hydrogen) atoms. The first-order valence-corrected chi connectivity index (χ1v) is 4.86. The fourth-order valence-electron chi connectivity index (χ4n) is 3.73. The van der Waals surface area contributed by atoms with E-state index in [4.69, 9.17) is 4.74 Å². The third-order valence-corrected chi connectivity index (χ3v) is 4.33. The normalized spacial score (nSPS) is 53.6. The molecule has 0 aromatic heterocycles. The number of methoxy groups -OCH3 is 1. The molecule has 0 aromatic rings. The van der Waals surface area contributed by atoms with E-state index in [9.17, 15) is 4.79 Å². The summed E-state index contributed by atoms with van der Waals surface area (Å²) in [5.41, 5.74) is -0.00984. The number of ether oxygens (including phenoxy) is 1. The molecular weight excluding hydrogens is 152 g/mol. The summed E-state index contributed by atoms with van der Waals surface area (Å²) in [5.74, 6) is 2.56. The van der Waals surface area contributed by atoms with Crippen molar-refractivity contribution in [2.75, 3.05) is 7.11 Å². The molecule has 3 saturated carbocycles. The largest absolute Gasteiger partial charge is 0.469 e. The number of carbonyl (C=O) groups excluding carboxylic acids is 1. The third-order valence-electron chi connectivity index (χ3n) is 4.33. The van der Waals surface area contributed by atoms with Crippen LogP contribution in [0.4, 0.5) is 0 Å². The summed E-state index contributed by atoms with van der Waals surface area (Å²) in [7, 11) is 1.53. The Kier molecular flexibility index (Phi) is 1.07. The van der Waals surface area contributed by atoms with Gasteiger partial charge in [-0.15, -0.1) is 0 Å². The van der Waals surface area contributed by atoms with Crippen molar-refractivity contribution in [2.45, 2.75) is 25.7 Å². The Balaban J connectivity index is 1.95. The molecule has 2 nitrogen and oxygen atoms in total. The minimum absolute atomic E-state index is 0.00984. The predicted octanol–water partition coefficient (Wildman–Crippen LogP) is 1.60. The van der Waals surface area contributed by atoms with E-state index >= 15 is 0 Å². The standard InChI is InChI=1S/C10H14O2/c1-12-9(11)10-3-2-6(5-10)7-4-8(7)10/h6-8H,2-5H2,1H3/t6-,7-,8-,10-/m0/s1. The van der Waals surface area contributed by atoms with Crippen LogP contribution in [0.25, 0.3) is 0 Å². The maximum absolute atomic E-state index is 11.6. The summed E-state index contributed by atoms with van der Waals surface area (Å²) >= 11 is 0. The smallest absolute Gasteiger partial charge is 0.312 e. The molecular formula is C10H14O2. The maximum atomic E-state index is 11.6. The molecule has 0 spiro atoms. The van der Waals surface area contributed by atoms with Gasteiger partial charge in [-0.25, -0.2) is 0 Å². The molecule has 0 aliphatic heterocycles. The predicted molar refractivity (Wildman–Crippen MR) is 43.4 cm³/mol. The molecule has 2 heteroatoms. The van der Waals surface area contributed by atoms with Crippen LogP contribution in [-0.4, -0.2) is 13.1 Å². The molecule has 3 aliphatic rings. The molecule has 3 aliphatic carbocycles. The van der Waals surface area contributed by atoms with E-state index in [1.807, 2.05) is 0 Å². The van der Waals surface area contributed by atoms with Gasteiger partial charge in [0.1, 0.15) is 0 Å². The average molecular weight is 166 g/mol. The third kappa shape index (κ3) is 0.572. The lowest BCUT2D eigenvalue weighted by molar-refractivity contribution is -0.153. The van der Waals surface area contributed by atoms with Crippen molar-refractivity contribution in [3.63, 3.8) is 0 Å². The minimum Gasteiger partial charge on any atom is -0.469 e. The second kappa shape index (κ2) is 1.86. The van der Waals surface area contributed by atoms with E-state index < -0.39 is 0 Å². The molecule has 0 unspecified atom stereocenters. The highest BCUT2D eigenvalue weighted by Gasteiger charge is 2.69. The van der Waals surface area contributed by atoms with Gasteiger partial charge in [0.2, 0.25) is 0 Å². The second-order valence-corrected chi connectivity index (χ2v) is 4.66. The molecule has 0 amide bonds. The first kappa shape index (κ1) is 6.93.